The minimum Gasteiger partial charge on any atom is -0.506 e. The fourth-order valence-electron chi connectivity index (χ4n) is 4.26. The maximum Gasteiger partial charge on any atom is 0.255 e. The number of carbonyl (C=O) groups excluding carboxylic acids is 1. The molecule has 0 unspecified atom stereocenters. The first-order valence-corrected chi connectivity index (χ1v) is 13.8. The van der Waals surface area contributed by atoms with Crippen molar-refractivity contribution in [3.05, 3.63) is 42.0 Å². The van der Waals surface area contributed by atoms with Gasteiger partial charge in [-0.25, -0.2) is 0 Å². The zero-order valence-electron chi connectivity index (χ0n) is 22.3. The number of ether oxygens (including phenoxy) is 2. The average Bonchev–Trinajstić information content (AvgIpc) is 2.88. The molecule has 1 amide bonds. The number of nitrogens with two attached hydrogens (primary N) is 1. The van der Waals surface area contributed by atoms with Crippen molar-refractivity contribution in [3.8, 4) is 17.2 Å². The number of hydrogen-bond acceptors (Lipinski definition) is 5. The molecular weight excluding hydrogens is 452 g/mol. The van der Waals surface area contributed by atoms with E-state index in [-0.39, 0.29) is 11.7 Å². The summed E-state index contributed by atoms with van der Waals surface area (Å²) in [5.41, 5.74) is 6.77. The molecular formula is C30H46N2O4. The van der Waals surface area contributed by atoms with E-state index in [1.165, 1.54) is 83.1 Å². The minimum atomic E-state index is -0.355. The van der Waals surface area contributed by atoms with E-state index < -0.39 is 0 Å². The van der Waals surface area contributed by atoms with Crippen LogP contribution in [0.15, 0.2) is 36.4 Å². The van der Waals surface area contributed by atoms with E-state index in [4.69, 9.17) is 15.2 Å². The molecule has 0 bridgehead atoms. The lowest BCUT2D eigenvalue weighted by Crippen LogP contribution is -2.12. The van der Waals surface area contributed by atoms with Crippen molar-refractivity contribution in [2.45, 2.75) is 96.8 Å². The van der Waals surface area contributed by atoms with E-state index in [1.54, 1.807) is 37.4 Å². The molecule has 0 saturated heterocycles. The number of rotatable bonds is 19. The Morgan fingerprint density at radius 3 is 1.94 bits per heavy atom. The molecule has 0 radical (unpaired) electrons. The average molecular weight is 499 g/mol. The highest BCUT2D eigenvalue weighted by atomic mass is 16.5. The van der Waals surface area contributed by atoms with Gasteiger partial charge in [-0.2, -0.15) is 0 Å². The van der Waals surface area contributed by atoms with E-state index in [0.29, 0.717) is 35.0 Å². The third kappa shape index (κ3) is 11.2. The maximum absolute atomic E-state index is 12.6. The molecule has 0 heterocycles. The van der Waals surface area contributed by atoms with Crippen LogP contribution in [-0.4, -0.2) is 24.7 Å². The van der Waals surface area contributed by atoms with Gasteiger partial charge in [-0.1, -0.05) is 90.4 Å². The number of hydrogen-bond donors (Lipinski definition) is 3. The zero-order valence-corrected chi connectivity index (χ0v) is 22.3. The Balaban J connectivity index is 1.59. The van der Waals surface area contributed by atoms with Gasteiger partial charge in [-0.15, -0.1) is 0 Å². The number of phenolic OH excluding ortho intramolecular Hbond substituents is 1. The number of amides is 1. The van der Waals surface area contributed by atoms with Gasteiger partial charge in [0, 0.05) is 17.3 Å². The number of benzene rings is 2. The largest absolute Gasteiger partial charge is 0.506 e. The molecule has 2 aromatic carbocycles. The third-order valence-corrected chi connectivity index (χ3v) is 6.45. The standard InChI is InChI=1S/C30H46N2O4/c1-3-4-5-6-7-8-9-10-11-12-13-14-15-16-21-36-28-20-17-24(22-29(28)35-2)30(34)32-26-19-18-25(31)23-27(26)33/h17-20,22-23,33H,3-16,21,31H2,1-2H3,(H,32,34). The number of carbonyl (C=O) groups is 1. The molecule has 0 aromatic heterocycles. The van der Waals surface area contributed by atoms with Crippen molar-refractivity contribution < 1.29 is 19.4 Å². The van der Waals surface area contributed by atoms with Gasteiger partial charge in [0.1, 0.15) is 5.75 Å². The molecule has 0 aliphatic heterocycles. The number of methoxy groups -OCH3 is 1. The molecule has 36 heavy (non-hydrogen) atoms. The van der Waals surface area contributed by atoms with E-state index in [0.717, 1.165) is 12.8 Å². The van der Waals surface area contributed by atoms with Crippen LogP contribution in [0.2, 0.25) is 0 Å². The number of unbranched alkanes of at least 4 members (excludes halogenated alkanes) is 13. The first-order valence-electron chi connectivity index (χ1n) is 13.8. The molecule has 200 valence electrons. The monoisotopic (exact) mass is 498 g/mol. The van der Waals surface area contributed by atoms with E-state index in [9.17, 15) is 9.90 Å². The summed E-state index contributed by atoms with van der Waals surface area (Å²) in [6.07, 6.45) is 18.5. The summed E-state index contributed by atoms with van der Waals surface area (Å²) in [4.78, 5) is 12.6. The van der Waals surface area contributed by atoms with Gasteiger partial charge in [0.2, 0.25) is 0 Å². The van der Waals surface area contributed by atoms with Gasteiger partial charge in [-0.05, 0) is 36.8 Å². The Kier molecular flexibility index (Phi) is 14.3. The summed E-state index contributed by atoms with van der Waals surface area (Å²) in [6, 6.07) is 9.65. The van der Waals surface area contributed by atoms with Crippen molar-refractivity contribution in [1.29, 1.82) is 0 Å². The molecule has 0 aliphatic rings. The Bertz CT molecular complexity index is 901. The van der Waals surface area contributed by atoms with E-state index in [2.05, 4.69) is 12.2 Å². The number of aromatic hydroxyl groups is 1. The normalized spacial score (nSPS) is 10.8. The smallest absolute Gasteiger partial charge is 0.255 e. The van der Waals surface area contributed by atoms with Crippen molar-refractivity contribution in [2.24, 2.45) is 0 Å². The first-order chi connectivity index (χ1) is 17.5. The number of nitrogen functional groups attached to an aromatic ring is 1. The predicted octanol–water partition coefficient (Wildman–Crippen LogP) is 8.10. The molecule has 0 fully saturated rings. The van der Waals surface area contributed by atoms with Crippen LogP contribution in [-0.2, 0) is 0 Å². The van der Waals surface area contributed by atoms with Crippen molar-refractivity contribution in [2.75, 3.05) is 24.8 Å². The quantitative estimate of drug-likeness (QED) is 0.103. The second kappa shape index (κ2) is 17.5. The second-order valence-electron chi connectivity index (χ2n) is 9.54. The molecule has 0 spiro atoms. The van der Waals surface area contributed by atoms with E-state index >= 15 is 0 Å². The molecule has 0 atom stereocenters. The van der Waals surface area contributed by atoms with Gasteiger partial charge in [0.15, 0.2) is 11.5 Å². The van der Waals surface area contributed by atoms with Crippen molar-refractivity contribution in [1.82, 2.24) is 0 Å². The van der Waals surface area contributed by atoms with Crippen LogP contribution < -0.4 is 20.5 Å². The lowest BCUT2D eigenvalue weighted by molar-refractivity contribution is 0.102. The summed E-state index contributed by atoms with van der Waals surface area (Å²) in [5, 5.41) is 12.6. The summed E-state index contributed by atoms with van der Waals surface area (Å²) in [5.74, 6) is 0.698. The van der Waals surface area contributed by atoms with Crippen LogP contribution in [0, 0.1) is 0 Å². The summed E-state index contributed by atoms with van der Waals surface area (Å²) in [6.45, 7) is 2.89. The lowest BCUT2D eigenvalue weighted by Gasteiger charge is -2.13. The first kappa shape index (κ1) is 29.3. The van der Waals surface area contributed by atoms with Gasteiger partial charge in [-0.3, -0.25) is 4.79 Å². The van der Waals surface area contributed by atoms with Gasteiger partial charge >= 0.3 is 0 Å². The van der Waals surface area contributed by atoms with Crippen LogP contribution in [0.1, 0.15) is 107 Å². The van der Waals surface area contributed by atoms with Crippen molar-refractivity contribution in [3.63, 3.8) is 0 Å². The predicted molar refractivity (Wildman–Crippen MR) is 149 cm³/mol. The molecule has 6 heteroatoms. The third-order valence-electron chi connectivity index (χ3n) is 6.45. The maximum atomic E-state index is 12.6. The lowest BCUT2D eigenvalue weighted by atomic mass is 10.0. The number of phenols is 1. The minimum absolute atomic E-state index is 0.0802. The van der Waals surface area contributed by atoms with Crippen molar-refractivity contribution >= 4 is 17.3 Å². The Morgan fingerprint density at radius 2 is 1.39 bits per heavy atom. The SMILES string of the molecule is CCCCCCCCCCCCCCCCOc1ccc(C(=O)Nc2ccc(N)cc2O)cc1OC. The van der Waals surface area contributed by atoms with Crippen LogP contribution in [0.25, 0.3) is 0 Å². The zero-order chi connectivity index (χ0) is 26.0. The summed E-state index contributed by atoms with van der Waals surface area (Å²) < 4.78 is 11.3. The highest BCUT2D eigenvalue weighted by Gasteiger charge is 2.13. The van der Waals surface area contributed by atoms with Crippen LogP contribution in [0.4, 0.5) is 11.4 Å². The van der Waals surface area contributed by atoms with Gasteiger partial charge in [0.05, 0.1) is 19.4 Å². The molecule has 0 aliphatic carbocycles. The Labute approximate surface area is 217 Å². The molecule has 6 nitrogen and oxygen atoms in total. The van der Waals surface area contributed by atoms with Crippen LogP contribution in [0.3, 0.4) is 0 Å². The van der Waals surface area contributed by atoms with Gasteiger partial charge in [0.25, 0.3) is 5.91 Å². The molecule has 2 aromatic rings. The summed E-state index contributed by atoms with van der Waals surface area (Å²) in [7, 11) is 1.56. The fourth-order valence-corrected chi connectivity index (χ4v) is 4.26. The van der Waals surface area contributed by atoms with Gasteiger partial charge < -0.3 is 25.6 Å². The highest BCUT2D eigenvalue weighted by molar-refractivity contribution is 6.05. The molecule has 0 saturated carbocycles. The molecule has 4 N–H and O–H groups in total. The topological polar surface area (TPSA) is 93.8 Å². The Morgan fingerprint density at radius 1 is 0.806 bits per heavy atom. The van der Waals surface area contributed by atoms with Crippen LogP contribution in [0.5, 0.6) is 17.2 Å². The van der Waals surface area contributed by atoms with Crippen LogP contribution >= 0.6 is 0 Å². The number of nitrogens with one attached hydrogen (secondary N) is 1. The fraction of sp³-hybridized carbons (Fsp3) is 0.567. The second-order valence-corrected chi connectivity index (χ2v) is 9.54. The van der Waals surface area contributed by atoms with E-state index in [1.807, 2.05) is 0 Å². The number of anilines is 2. The molecule has 2 rings (SSSR count). The Hall–Kier alpha value is -2.89. The highest BCUT2D eigenvalue weighted by Crippen LogP contribution is 2.30. The summed E-state index contributed by atoms with van der Waals surface area (Å²) >= 11 is 0.